The van der Waals surface area contributed by atoms with Gasteiger partial charge in [-0.05, 0) is 43.4 Å². The molecule has 1 fully saturated rings. The molecule has 0 heterocycles. The molecule has 1 aliphatic rings. The van der Waals surface area contributed by atoms with E-state index in [0.717, 1.165) is 22.2 Å². The van der Waals surface area contributed by atoms with Crippen molar-refractivity contribution in [1.82, 2.24) is 0 Å². The molecule has 1 aliphatic carbocycles. The highest BCUT2D eigenvalue weighted by atomic mass is 35.5. The van der Waals surface area contributed by atoms with Crippen molar-refractivity contribution in [2.24, 2.45) is 11.7 Å². The quantitative estimate of drug-likeness (QED) is 0.874. The average Bonchev–Trinajstić information content (AvgIpc) is 3.10. The van der Waals surface area contributed by atoms with Crippen LogP contribution in [0, 0.1) is 5.92 Å². The normalized spacial score (nSPS) is 17.2. The lowest BCUT2D eigenvalue weighted by Crippen LogP contribution is -2.30. The molecule has 16 heavy (non-hydrogen) atoms. The van der Waals surface area contributed by atoms with Gasteiger partial charge in [-0.2, -0.15) is 0 Å². The Morgan fingerprint density at radius 3 is 2.69 bits per heavy atom. The van der Waals surface area contributed by atoms with Gasteiger partial charge in [-0.3, -0.25) is 0 Å². The van der Waals surface area contributed by atoms with Crippen LogP contribution in [0.25, 0.3) is 0 Å². The zero-order chi connectivity index (χ0) is 11.7. The standard InChI is InChI=1S/C13H19ClN2/c1-9(11-4-5-11)16(2)13-6-3-10(8-15)7-12(13)14/h3,6-7,9,11H,4-5,8,15H2,1-2H3. The van der Waals surface area contributed by atoms with Gasteiger partial charge < -0.3 is 10.6 Å². The lowest BCUT2D eigenvalue weighted by molar-refractivity contribution is 0.609. The van der Waals surface area contributed by atoms with Crippen LogP contribution in [-0.4, -0.2) is 13.1 Å². The maximum Gasteiger partial charge on any atom is 0.0642 e. The molecule has 0 amide bonds. The van der Waals surface area contributed by atoms with Gasteiger partial charge in [0.05, 0.1) is 10.7 Å². The first-order valence-corrected chi connectivity index (χ1v) is 6.22. The van der Waals surface area contributed by atoms with Crippen LogP contribution in [-0.2, 0) is 6.54 Å². The summed E-state index contributed by atoms with van der Waals surface area (Å²) in [5.41, 5.74) is 7.78. The van der Waals surface area contributed by atoms with E-state index in [-0.39, 0.29) is 0 Å². The van der Waals surface area contributed by atoms with Crippen LogP contribution >= 0.6 is 11.6 Å². The number of hydrogen-bond acceptors (Lipinski definition) is 2. The minimum Gasteiger partial charge on any atom is -0.370 e. The highest BCUT2D eigenvalue weighted by Crippen LogP contribution is 2.38. The summed E-state index contributed by atoms with van der Waals surface area (Å²) in [5, 5.41) is 0.804. The molecule has 2 nitrogen and oxygen atoms in total. The third-order valence-corrected chi connectivity index (χ3v) is 3.85. The third-order valence-electron chi connectivity index (χ3n) is 3.54. The monoisotopic (exact) mass is 238 g/mol. The Kier molecular flexibility index (Phi) is 3.41. The summed E-state index contributed by atoms with van der Waals surface area (Å²) < 4.78 is 0. The van der Waals surface area contributed by atoms with Crippen molar-refractivity contribution < 1.29 is 0 Å². The van der Waals surface area contributed by atoms with Crippen LogP contribution in [0.5, 0.6) is 0 Å². The van der Waals surface area contributed by atoms with E-state index in [4.69, 9.17) is 17.3 Å². The Morgan fingerprint density at radius 2 is 2.19 bits per heavy atom. The highest BCUT2D eigenvalue weighted by molar-refractivity contribution is 6.33. The lowest BCUT2D eigenvalue weighted by atomic mass is 10.1. The number of nitrogens with two attached hydrogens (primary N) is 1. The second-order valence-electron chi connectivity index (χ2n) is 4.68. The fraction of sp³-hybridized carbons (Fsp3) is 0.538. The molecule has 1 atom stereocenters. The Morgan fingerprint density at radius 1 is 1.50 bits per heavy atom. The number of rotatable bonds is 4. The molecule has 3 heteroatoms. The molecule has 2 N–H and O–H groups in total. The van der Waals surface area contributed by atoms with E-state index >= 15 is 0 Å². The van der Waals surface area contributed by atoms with Crippen LogP contribution < -0.4 is 10.6 Å². The molecule has 1 aromatic rings. The lowest BCUT2D eigenvalue weighted by Gasteiger charge is -2.28. The van der Waals surface area contributed by atoms with Crippen LogP contribution in [0.2, 0.25) is 5.02 Å². The van der Waals surface area contributed by atoms with Crippen molar-refractivity contribution in [1.29, 1.82) is 0 Å². The summed E-state index contributed by atoms with van der Waals surface area (Å²) in [5.74, 6) is 0.843. The van der Waals surface area contributed by atoms with Gasteiger partial charge in [0.2, 0.25) is 0 Å². The molecular weight excluding hydrogens is 220 g/mol. The van der Waals surface area contributed by atoms with E-state index < -0.39 is 0 Å². The van der Waals surface area contributed by atoms with Crippen molar-refractivity contribution >= 4 is 17.3 Å². The molecule has 88 valence electrons. The molecule has 0 saturated heterocycles. The molecule has 0 spiro atoms. The smallest absolute Gasteiger partial charge is 0.0642 e. The Labute approximate surface area is 102 Å². The van der Waals surface area contributed by atoms with Crippen molar-refractivity contribution in [3.8, 4) is 0 Å². The number of anilines is 1. The molecule has 2 rings (SSSR count). The molecule has 0 aliphatic heterocycles. The zero-order valence-corrected chi connectivity index (χ0v) is 10.7. The van der Waals surface area contributed by atoms with E-state index in [9.17, 15) is 0 Å². The minimum atomic E-state index is 0.544. The van der Waals surface area contributed by atoms with Gasteiger partial charge in [0.1, 0.15) is 0 Å². The molecular formula is C13H19ClN2. The first-order chi connectivity index (χ1) is 7.63. The minimum absolute atomic E-state index is 0.544. The summed E-state index contributed by atoms with van der Waals surface area (Å²) in [6, 6.07) is 6.66. The summed E-state index contributed by atoms with van der Waals surface area (Å²) >= 11 is 6.27. The Balaban J connectivity index is 2.18. The molecule has 1 aromatic carbocycles. The van der Waals surface area contributed by atoms with Gasteiger partial charge in [0, 0.05) is 19.6 Å². The van der Waals surface area contributed by atoms with E-state index in [1.54, 1.807) is 0 Å². The first kappa shape index (κ1) is 11.7. The van der Waals surface area contributed by atoms with Crippen molar-refractivity contribution in [2.75, 3.05) is 11.9 Å². The fourth-order valence-electron chi connectivity index (χ4n) is 2.08. The SMILES string of the molecule is CC(C1CC1)N(C)c1ccc(CN)cc1Cl. The highest BCUT2D eigenvalue weighted by Gasteiger charge is 2.31. The van der Waals surface area contributed by atoms with Crippen LogP contribution in [0.1, 0.15) is 25.3 Å². The first-order valence-electron chi connectivity index (χ1n) is 5.85. The maximum atomic E-state index is 6.27. The van der Waals surface area contributed by atoms with Crippen molar-refractivity contribution in [3.63, 3.8) is 0 Å². The molecule has 1 saturated carbocycles. The second kappa shape index (κ2) is 4.64. The molecule has 0 bridgehead atoms. The topological polar surface area (TPSA) is 29.3 Å². The van der Waals surface area contributed by atoms with Gasteiger partial charge in [0.15, 0.2) is 0 Å². The number of halogens is 1. The summed E-state index contributed by atoms with van der Waals surface area (Å²) in [6.07, 6.45) is 2.70. The van der Waals surface area contributed by atoms with Gasteiger partial charge in [0.25, 0.3) is 0 Å². The summed E-state index contributed by atoms with van der Waals surface area (Å²) in [4.78, 5) is 2.28. The predicted octanol–water partition coefficient (Wildman–Crippen LogP) is 3.03. The molecule has 1 unspecified atom stereocenters. The molecule has 0 aromatic heterocycles. The average molecular weight is 239 g/mol. The zero-order valence-electron chi connectivity index (χ0n) is 9.91. The number of nitrogens with zero attached hydrogens (tertiary/aromatic N) is 1. The predicted molar refractivity (Wildman–Crippen MR) is 69.9 cm³/mol. The summed E-state index contributed by atoms with van der Waals surface area (Å²) in [7, 11) is 2.12. The van der Waals surface area contributed by atoms with Crippen LogP contribution in [0.4, 0.5) is 5.69 Å². The van der Waals surface area contributed by atoms with Gasteiger partial charge in [-0.1, -0.05) is 17.7 Å². The number of benzene rings is 1. The van der Waals surface area contributed by atoms with E-state index in [0.29, 0.717) is 12.6 Å². The maximum absolute atomic E-state index is 6.27. The largest absolute Gasteiger partial charge is 0.370 e. The summed E-state index contributed by atoms with van der Waals surface area (Å²) in [6.45, 7) is 2.81. The van der Waals surface area contributed by atoms with E-state index in [1.807, 2.05) is 6.07 Å². The van der Waals surface area contributed by atoms with Gasteiger partial charge in [-0.25, -0.2) is 0 Å². The third kappa shape index (κ3) is 2.33. The Bertz CT molecular complexity index is 374. The van der Waals surface area contributed by atoms with Crippen molar-refractivity contribution in [2.45, 2.75) is 32.4 Å². The number of hydrogen-bond donors (Lipinski definition) is 1. The molecule has 0 radical (unpaired) electrons. The fourth-order valence-corrected chi connectivity index (χ4v) is 2.41. The van der Waals surface area contributed by atoms with Gasteiger partial charge >= 0.3 is 0 Å². The van der Waals surface area contributed by atoms with E-state index in [2.05, 4.69) is 31.0 Å². The van der Waals surface area contributed by atoms with Crippen molar-refractivity contribution in [3.05, 3.63) is 28.8 Å². The van der Waals surface area contributed by atoms with Crippen LogP contribution in [0.3, 0.4) is 0 Å². The van der Waals surface area contributed by atoms with E-state index in [1.165, 1.54) is 12.8 Å². The van der Waals surface area contributed by atoms with Gasteiger partial charge in [-0.15, -0.1) is 0 Å². The second-order valence-corrected chi connectivity index (χ2v) is 5.09. The Hall–Kier alpha value is -0.730. The van der Waals surface area contributed by atoms with Crippen LogP contribution in [0.15, 0.2) is 18.2 Å².